The second kappa shape index (κ2) is 7.64. The summed E-state index contributed by atoms with van der Waals surface area (Å²) in [7, 11) is 0. The van der Waals surface area contributed by atoms with Gasteiger partial charge in [0.05, 0.1) is 0 Å². The highest BCUT2D eigenvalue weighted by Crippen LogP contribution is 2.21. The Morgan fingerprint density at radius 3 is 2.15 bits per heavy atom. The van der Waals surface area contributed by atoms with E-state index in [0.29, 0.717) is 17.9 Å². The number of aliphatic hydroxyl groups is 1. The van der Waals surface area contributed by atoms with Gasteiger partial charge in [-0.3, -0.25) is 0 Å². The van der Waals surface area contributed by atoms with Gasteiger partial charge in [-0.1, -0.05) is 13.8 Å². The summed E-state index contributed by atoms with van der Waals surface area (Å²) in [6.45, 7) is 6.89. The van der Waals surface area contributed by atoms with Crippen LogP contribution in [0, 0.1) is 11.8 Å². The van der Waals surface area contributed by atoms with Crippen molar-refractivity contribution in [1.82, 2.24) is 0 Å². The number of hydrogen-bond donors (Lipinski definition) is 1. The second-order valence-corrected chi connectivity index (χ2v) is 5.07. The molecule has 0 spiro atoms. The third-order valence-corrected chi connectivity index (χ3v) is 2.57. The number of hydrogen-bond acceptors (Lipinski definition) is 1. The Hall–Kier alpha value is 0.250. The molecule has 80 valence electrons. The fourth-order valence-corrected chi connectivity index (χ4v) is 2.20. The van der Waals surface area contributed by atoms with E-state index in [1.807, 2.05) is 0 Å². The van der Waals surface area contributed by atoms with Crippen molar-refractivity contribution in [2.75, 3.05) is 6.61 Å². The van der Waals surface area contributed by atoms with Gasteiger partial charge >= 0.3 is 0 Å². The molecule has 3 unspecified atom stereocenters. The van der Waals surface area contributed by atoms with E-state index in [1.165, 1.54) is 6.42 Å². The molecule has 0 bridgehead atoms. The van der Waals surface area contributed by atoms with Gasteiger partial charge in [-0.05, 0) is 44.4 Å². The van der Waals surface area contributed by atoms with Gasteiger partial charge in [0, 0.05) is 12.0 Å². The topological polar surface area (TPSA) is 20.2 Å². The van der Waals surface area contributed by atoms with Crippen LogP contribution in [0.25, 0.3) is 0 Å². The van der Waals surface area contributed by atoms with Gasteiger partial charge < -0.3 is 5.11 Å². The predicted molar refractivity (Wildman–Crippen MR) is 59.2 cm³/mol. The zero-order valence-electron chi connectivity index (χ0n) is 9.09. The Labute approximate surface area is 87.5 Å². The molecule has 2 heteroatoms. The molecule has 1 nitrogen and oxygen atoms in total. The minimum absolute atomic E-state index is 0.292. The van der Waals surface area contributed by atoms with Crippen molar-refractivity contribution in [3.63, 3.8) is 0 Å². The van der Waals surface area contributed by atoms with E-state index in [2.05, 4.69) is 20.8 Å². The van der Waals surface area contributed by atoms with E-state index in [4.69, 9.17) is 16.7 Å². The maximum atomic E-state index is 8.67. The first-order valence-corrected chi connectivity index (χ1v) is 5.74. The molecule has 0 aromatic heterocycles. The molecular formula is C11H23ClO. The molecule has 0 aliphatic carbocycles. The lowest BCUT2D eigenvalue weighted by Crippen LogP contribution is -2.07. The summed E-state index contributed by atoms with van der Waals surface area (Å²) in [5.41, 5.74) is 0. The van der Waals surface area contributed by atoms with E-state index in [1.54, 1.807) is 0 Å². The third-order valence-electron chi connectivity index (χ3n) is 2.39. The highest BCUT2D eigenvalue weighted by Gasteiger charge is 2.10. The van der Waals surface area contributed by atoms with E-state index in [-0.39, 0.29) is 0 Å². The van der Waals surface area contributed by atoms with Crippen LogP contribution in [0.2, 0.25) is 0 Å². The van der Waals surface area contributed by atoms with E-state index < -0.39 is 0 Å². The summed E-state index contributed by atoms with van der Waals surface area (Å²) in [4.78, 5) is 0. The molecule has 3 atom stereocenters. The van der Waals surface area contributed by atoms with Gasteiger partial charge in [0.2, 0.25) is 0 Å². The van der Waals surface area contributed by atoms with Crippen molar-refractivity contribution in [2.24, 2.45) is 11.8 Å². The average molecular weight is 207 g/mol. The van der Waals surface area contributed by atoms with Crippen LogP contribution in [0.4, 0.5) is 0 Å². The Balaban J connectivity index is 3.46. The molecule has 0 aromatic carbocycles. The van der Waals surface area contributed by atoms with Gasteiger partial charge in [0.25, 0.3) is 0 Å². The molecule has 0 saturated heterocycles. The molecule has 0 saturated carbocycles. The lowest BCUT2D eigenvalue weighted by Gasteiger charge is -2.17. The predicted octanol–water partition coefficient (Wildman–Crippen LogP) is 3.44. The van der Waals surface area contributed by atoms with Crippen LogP contribution in [-0.2, 0) is 0 Å². The Morgan fingerprint density at radius 2 is 1.69 bits per heavy atom. The summed E-state index contributed by atoms with van der Waals surface area (Å²) in [6.07, 6.45) is 4.41. The van der Waals surface area contributed by atoms with Crippen LogP contribution >= 0.6 is 11.6 Å². The quantitative estimate of drug-likeness (QED) is 0.633. The van der Waals surface area contributed by atoms with Crippen LogP contribution in [0.5, 0.6) is 0 Å². The number of alkyl halides is 1. The maximum Gasteiger partial charge on any atom is 0.0431 e. The summed E-state index contributed by atoms with van der Waals surface area (Å²) >= 11 is 5.92. The molecule has 0 aliphatic rings. The fourth-order valence-electron chi connectivity index (χ4n) is 1.90. The van der Waals surface area contributed by atoms with Crippen molar-refractivity contribution < 1.29 is 5.11 Å². The Kier molecular flexibility index (Phi) is 7.78. The molecule has 0 fully saturated rings. The minimum atomic E-state index is 0.292. The number of halogens is 1. The Morgan fingerprint density at radius 1 is 1.08 bits per heavy atom. The summed E-state index contributed by atoms with van der Waals surface area (Å²) in [6, 6.07) is 0. The van der Waals surface area contributed by atoms with Crippen LogP contribution in [0.15, 0.2) is 0 Å². The molecule has 0 aromatic rings. The zero-order chi connectivity index (χ0) is 10.3. The minimum Gasteiger partial charge on any atom is -0.396 e. The average Bonchev–Trinajstić information content (AvgIpc) is 1.98. The zero-order valence-corrected chi connectivity index (χ0v) is 9.85. The van der Waals surface area contributed by atoms with Gasteiger partial charge in [-0.15, -0.1) is 11.6 Å². The highest BCUT2D eigenvalue weighted by atomic mass is 35.5. The van der Waals surface area contributed by atoms with Crippen molar-refractivity contribution >= 4 is 11.6 Å². The van der Waals surface area contributed by atoms with Gasteiger partial charge in [-0.2, -0.15) is 0 Å². The fraction of sp³-hybridized carbons (Fsp3) is 1.00. The number of aliphatic hydroxyl groups excluding tert-OH is 1. The molecule has 0 rings (SSSR count). The van der Waals surface area contributed by atoms with E-state index in [0.717, 1.165) is 25.2 Å². The van der Waals surface area contributed by atoms with E-state index >= 15 is 0 Å². The second-order valence-electron chi connectivity index (χ2n) is 4.33. The van der Waals surface area contributed by atoms with Crippen LogP contribution < -0.4 is 0 Å². The van der Waals surface area contributed by atoms with Crippen LogP contribution in [0.3, 0.4) is 0 Å². The first-order valence-electron chi connectivity index (χ1n) is 5.31. The molecule has 0 heterocycles. The first kappa shape index (κ1) is 13.2. The van der Waals surface area contributed by atoms with Crippen LogP contribution in [0.1, 0.15) is 46.5 Å². The molecule has 0 amide bonds. The third kappa shape index (κ3) is 8.58. The van der Waals surface area contributed by atoms with Crippen LogP contribution in [-0.4, -0.2) is 17.1 Å². The number of rotatable bonds is 7. The molecule has 13 heavy (non-hydrogen) atoms. The monoisotopic (exact) mass is 206 g/mol. The maximum absolute atomic E-state index is 8.67. The Bertz CT molecular complexity index is 115. The lowest BCUT2D eigenvalue weighted by molar-refractivity contribution is 0.264. The van der Waals surface area contributed by atoms with Gasteiger partial charge in [0.15, 0.2) is 0 Å². The van der Waals surface area contributed by atoms with Crippen molar-refractivity contribution in [3.05, 3.63) is 0 Å². The van der Waals surface area contributed by atoms with Gasteiger partial charge in [0.1, 0.15) is 0 Å². The first-order chi connectivity index (χ1) is 6.06. The molecule has 0 radical (unpaired) electrons. The molecular weight excluding hydrogens is 184 g/mol. The summed E-state index contributed by atoms with van der Waals surface area (Å²) in [5.74, 6) is 1.43. The smallest absolute Gasteiger partial charge is 0.0431 e. The van der Waals surface area contributed by atoms with Crippen molar-refractivity contribution in [3.8, 4) is 0 Å². The largest absolute Gasteiger partial charge is 0.396 e. The molecule has 0 aliphatic heterocycles. The standard InChI is InChI=1S/C11H23ClO/c1-9(5-4-6-13)7-10(2)8-11(3)12/h9-11,13H,4-8H2,1-3H3. The summed E-state index contributed by atoms with van der Waals surface area (Å²) < 4.78 is 0. The van der Waals surface area contributed by atoms with Gasteiger partial charge in [-0.25, -0.2) is 0 Å². The normalized spacial score (nSPS) is 18.2. The molecule has 1 N–H and O–H groups in total. The van der Waals surface area contributed by atoms with Crippen molar-refractivity contribution in [1.29, 1.82) is 0 Å². The highest BCUT2D eigenvalue weighted by molar-refractivity contribution is 6.20. The van der Waals surface area contributed by atoms with Crippen molar-refractivity contribution in [2.45, 2.75) is 51.8 Å². The SMILES string of the molecule is CC(Cl)CC(C)CC(C)CCCO. The van der Waals surface area contributed by atoms with E-state index in [9.17, 15) is 0 Å². The lowest BCUT2D eigenvalue weighted by atomic mass is 9.91. The summed E-state index contributed by atoms with van der Waals surface area (Å²) in [5, 5.41) is 8.97.